The van der Waals surface area contributed by atoms with E-state index in [0.29, 0.717) is 0 Å². The van der Waals surface area contributed by atoms with Gasteiger partial charge in [-0.15, -0.1) is 0 Å². The van der Waals surface area contributed by atoms with Crippen LogP contribution in [0.3, 0.4) is 0 Å². The van der Waals surface area contributed by atoms with Gasteiger partial charge in [0, 0.05) is 5.41 Å². The number of nitrogens with one attached hydrogen (secondary N) is 1. The summed E-state index contributed by atoms with van der Waals surface area (Å²) in [5, 5.41) is 13.7. The summed E-state index contributed by atoms with van der Waals surface area (Å²) < 4.78 is 5.40. The van der Waals surface area contributed by atoms with E-state index in [4.69, 9.17) is 4.74 Å². The molecule has 3 heteroatoms. The van der Waals surface area contributed by atoms with Gasteiger partial charge in [-0.1, -0.05) is 19.1 Å². The molecule has 1 aromatic rings. The summed E-state index contributed by atoms with van der Waals surface area (Å²) in [7, 11) is 1.71. The molecule has 1 saturated heterocycles. The predicted octanol–water partition coefficient (Wildman–Crippen LogP) is 2.26. The summed E-state index contributed by atoms with van der Waals surface area (Å²) in [5.74, 6) is 0.945. The highest BCUT2D eigenvalue weighted by molar-refractivity contribution is 5.41. The van der Waals surface area contributed by atoms with E-state index in [2.05, 4.69) is 24.4 Å². The number of aliphatic hydroxyl groups excluding tert-OH is 1. The minimum absolute atomic E-state index is 0.110. The van der Waals surface area contributed by atoms with E-state index in [1.54, 1.807) is 7.11 Å². The average Bonchev–Trinajstić information content (AvgIpc) is 2.47. The average molecular weight is 263 g/mol. The van der Waals surface area contributed by atoms with E-state index in [9.17, 15) is 5.11 Å². The first-order valence-corrected chi connectivity index (χ1v) is 7.20. The fraction of sp³-hybridized carbons (Fsp3) is 0.625. The van der Waals surface area contributed by atoms with Crippen molar-refractivity contribution in [3.8, 4) is 5.75 Å². The molecule has 19 heavy (non-hydrogen) atoms. The number of hydrogen-bond donors (Lipinski definition) is 2. The van der Waals surface area contributed by atoms with Crippen molar-refractivity contribution in [2.24, 2.45) is 0 Å². The highest BCUT2D eigenvalue weighted by atomic mass is 16.5. The molecule has 1 aliphatic heterocycles. The third-order valence-corrected chi connectivity index (χ3v) is 4.53. The van der Waals surface area contributed by atoms with Crippen molar-refractivity contribution < 1.29 is 9.84 Å². The maximum Gasteiger partial charge on any atom is 0.122 e. The fourth-order valence-corrected chi connectivity index (χ4v) is 3.19. The third kappa shape index (κ3) is 2.63. The number of ether oxygens (including phenoxy) is 1. The monoisotopic (exact) mass is 263 g/mol. The van der Waals surface area contributed by atoms with Crippen LogP contribution in [0.15, 0.2) is 18.2 Å². The maximum atomic E-state index is 10.3. The molecule has 0 radical (unpaired) electrons. The number of piperidine rings is 1. The van der Waals surface area contributed by atoms with E-state index in [-0.39, 0.29) is 11.5 Å². The fourth-order valence-electron chi connectivity index (χ4n) is 3.19. The summed E-state index contributed by atoms with van der Waals surface area (Å²) >= 11 is 0. The summed E-state index contributed by atoms with van der Waals surface area (Å²) in [6, 6.07) is 6.38. The lowest BCUT2D eigenvalue weighted by Gasteiger charge is -2.41. The van der Waals surface area contributed by atoms with Gasteiger partial charge < -0.3 is 15.2 Å². The van der Waals surface area contributed by atoms with Crippen LogP contribution in [0.4, 0.5) is 0 Å². The SMILES string of the molecule is CCc1cc(C2(C(C)O)CCNCC2)ccc1OC. The first-order chi connectivity index (χ1) is 9.14. The highest BCUT2D eigenvalue weighted by Crippen LogP contribution is 2.38. The zero-order valence-electron chi connectivity index (χ0n) is 12.2. The molecule has 0 bridgehead atoms. The third-order valence-electron chi connectivity index (χ3n) is 4.53. The van der Waals surface area contributed by atoms with Gasteiger partial charge in [0.15, 0.2) is 0 Å². The second-order valence-corrected chi connectivity index (χ2v) is 5.46. The summed E-state index contributed by atoms with van der Waals surface area (Å²) in [6.45, 7) is 6.00. The second kappa shape index (κ2) is 5.93. The Morgan fingerprint density at radius 3 is 2.58 bits per heavy atom. The Bertz CT molecular complexity index is 423. The number of methoxy groups -OCH3 is 1. The van der Waals surface area contributed by atoms with Gasteiger partial charge in [0.1, 0.15) is 5.75 Å². The molecule has 1 atom stereocenters. The molecule has 1 aromatic carbocycles. The Morgan fingerprint density at radius 2 is 2.05 bits per heavy atom. The molecule has 0 saturated carbocycles. The smallest absolute Gasteiger partial charge is 0.122 e. The molecule has 2 N–H and O–H groups in total. The molecule has 2 rings (SSSR count). The number of aliphatic hydroxyl groups is 1. The first kappa shape index (κ1) is 14.4. The van der Waals surface area contributed by atoms with E-state index in [1.807, 2.05) is 13.0 Å². The van der Waals surface area contributed by atoms with E-state index in [0.717, 1.165) is 38.1 Å². The van der Waals surface area contributed by atoms with Crippen molar-refractivity contribution in [3.05, 3.63) is 29.3 Å². The van der Waals surface area contributed by atoms with Crippen LogP contribution in [0, 0.1) is 0 Å². The molecule has 0 aliphatic carbocycles. The summed E-state index contributed by atoms with van der Waals surface area (Å²) in [6.07, 6.45) is 2.60. The van der Waals surface area contributed by atoms with Crippen LogP contribution in [0.5, 0.6) is 5.75 Å². The van der Waals surface area contributed by atoms with E-state index < -0.39 is 0 Å². The summed E-state index contributed by atoms with van der Waals surface area (Å²) in [5.41, 5.74) is 2.36. The van der Waals surface area contributed by atoms with Gasteiger partial charge in [0.05, 0.1) is 13.2 Å². The van der Waals surface area contributed by atoms with Crippen LogP contribution in [0.25, 0.3) is 0 Å². The number of benzene rings is 1. The molecule has 1 unspecified atom stereocenters. The van der Waals surface area contributed by atoms with Gasteiger partial charge >= 0.3 is 0 Å². The lowest BCUT2D eigenvalue weighted by Crippen LogP contribution is -2.46. The minimum Gasteiger partial charge on any atom is -0.496 e. The summed E-state index contributed by atoms with van der Waals surface area (Å²) in [4.78, 5) is 0. The molecule has 1 aliphatic rings. The van der Waals surface area contributed by atoms with Gasteiger partial charge in [0.2, 0.25) is 0 Å². The van der Waals surface area contributed by atoms with Gasteiger partial charge in [0.25, 0.3) is 0 Å². The van der Waals surface area contributed by atoms with Crippen LogP contribution >= 0.6 is 0 Å². The molecule has 1 heterocycles. The molecule has 106 valence electrons. The number of aryl methyl sites for hydroxylation is 1. The molecule has 0 spiro atoms. The van der Waals surface area contributed by atoms with Crippen LogP contribution in [0.2, 0.25) is 0 Å². The van der Waals surface area contributed by atoms with Crippen molar-refractivity contribution in [2.75, 3.05) is 20.2 Å². The normalized spacial score (nSPS) is 20.0. The van der Waals surface area contributed by atoms with Crippen LogP contribution < -0.4 is 10.1 Å². The largest absolute Gasteiger partial charge is 0.496 e. The van der Waals surface area contributed by atoms with Gasteiger partial charge in [-0.3, -0.25) is 0 Å². The van der Waals surface area contributed by atoms with Crippen LogP contribution in [-0.4, -0.2) is 31.4 Å². The maximum absolute atomic E-state index is 10.3. The Balaban J connectivity index is 2.42. The quantitative estimate of drug-likeness (QED) is 0.875. The Labute approximate surface area is 116 Å². The van der Waals surface area contributed by atoms with Crippen molar-refractivity contribution in [1.29, 1.82) is 0 Å². The molecule has 0 amide bonds. The molecular formula is C16H25NO2. The van der Waals surface area contributed by atoms with Crippen molar-refractivity contribution >= 4 is 0 Å². The standard InChI is InChI=1S/C16H25NO2/c1-4-13-11-14(5-6-15(13)19-3)16(12(2)18)7-9-17-10-8-16/h5-6,11-12,17-18H,4,7-10H2,1-3H3. The predicted molar refractivity (Wildman–Crippen MR) is 77.8 cm³/mol. The Morgan fingerprint density at radius 1 is 1.37 bits per heavy atom. The van der Waals surface area contributed by atoms with Crippen molar-refractivity contribution in [2.45, 2.75) is 44.6 Å². The first-order valence-electron chi connectivity index (χ1n) is 7.20. The molecule has 3 nitrogen and oxygen atoms in total. The second-order valence-electron chi connectivity index (χ2n) is 5.46. The van der Waals surface area contributed by atoms with Crippen LogP contribution in [-0.2, 0) is 11.8 Å². The lowest BCUT2D eigenvalue weighted by atomic mass is 9.69. The van der Waals surface area contributed by atoms with Crippen molar-refractivity contribution in [3.63, 3.8) is 0 Å². The molecular weight excluding hydrogens is 238 g/mol. The zero-order chi connectivity index (χ0) is 13.9. The zero-order valence-corrected chi connectivity index (χ0v) is 12.2. The minimum atomic E-state index is -0.326. The number of rotatable bonds is 4. The number of hydrogen-bond acceptors (Lipinski definition) is 3. The topological polar surface area (TPSA) is 41.5 Å². The van der Waals surface area contributed by atoms with Crippen LogP contribution in [0.1, 0.15) is 37.8 Å². The molecule has 1 fully saturated rings. The van der Waals surface area contributed by atoms with E-state index in [1.165, 1.54) is 11.1 Å². The lowest BCUT2D eigenvalue weighted by molar-refractivity contribution is 0.0731. The Hall–Kier alpha value is -1.06. The van der Waals surface area contributed by atoms with Gasteiger partial charge in [-0.2, -0.15) is 0 Å². The van der Waals surface area contributed by atoms with Gasteiger partial charge in [-0.25, -0.2) is 0 Å². The van der Waals surface area contributed by atoms with Gasteiger partial charge in [-0.05, 0) is 56.5 Å². The highest BCUT2D eigenvalue weighted by Gasteiger charge is 2.38. The van der Waals surface area contributed by atoms with Crippen molar-refractivity contribution in [1.82, 2.24) is 5.32 Å². The Kier molecular flexibility index (Phi) is 4.48. The van der Waals surface area contributed by atoms with E-state index >= 15 is 0 Å². The molecule has 0 aromatic heterocycles.